The number of hydrogen-bond donors (Lipinski definition) is 1. The summed E-state index contributed by atoms with van der Waals surface area (Å²) in [6.45, 7) is 14.3. The van der Waals surface area contributed by atoms with Crippen molar-refractivity contribution in [3.8, 4) is 17.1 Å². The second-order valence-corrected chi connectivity index (χ2v) is 14.0. The number of carbonyl (C=O) groups is 1. The molecule has 2 aromatic carbocycles. The zero-order valence-electron chi connectivity index (χ0n) is 29.5. The summed E-state index contributed by atoms with van der Waals surface area (Å²) in [5.41, 5.74) is 2.56. The van der Waals surface area contributed by atoms with Gasteiger partial charge in [-0.3, -0.25) is 9.69 Å². The number of likely N-dealkylation sites (tertiary alicyclic amines) is 2. The van der Waals surface area contributed by atoms with E-state index in [0.717, 1.165) is 18.2 Å². The number of rotatable bonds is 11. The van der Waals surface area contributed by atoms with Crippen molar-refractivity contribution < 1.29 is 41.0 Å². The Kier molecular flexibility index (Phi) is 10.8. The van der Waals surface area contributed by atoms with Crippen molar-refractivity contribution in [1.29, 1.82) is 0 Å². The quantitative estimate of drug-likeness (QED) is 0.102. The normalized spacial score (nSPS) is 20.7. The number of methoxy groups -OCH3 is 2. The third-order valence-corrected chi connectivity index (χ3v) is 11.1. The molecule has 0 radical (unpaired) electrons. The molecule has 4 heterocycles. The number of carbonyl (C=O) groups excluding carboxylic acids is 1. The lowest BCUT2D eigenvalue weighted by Crippen LogP contribution is -2.49. The number of nitrogens with zero attached hydrogens (tertiary/aromatic N) is 6. The van der Waals surface area contributed by atoms with Crippen molar-refractivity contribution in [2.75, 3.05) is 64.7 Å². The number of ether oxygens (including phenoxy) is 3. The lowest BCUT2D eigenvalue weighted by Gasteiger charge is -2.35. The number of nitrogen functional groups attached to an aromatic ring is 1. The van der Waals surface area contributed by atoms with Crippen LogP contribution in [0.2, 0.25) is 0 Å². The van der Waals surface area contributed by atoms with E-state index in [4.69, 9.17) is 26.5 Å². The molecular formula is C36H38F5N7O4S. The van der Waals surface area contributed by atoms with Gasteiger partial charge in [-0.1, -0.05) is 12.6 Å². The number of aromatic nitrogens is 2. The Morgan fingerprint density at radius 1 is 1.25 bits per heavy atom. The van der Waals surface area contributed by atoms with E-state index in [9.17, 15) is 9.18 Å². The van der Waals surface area contributed by atoms with Crippen LogP contribution in [-0.4, -0.2) is 104 Å². The van der Waals surface area contributed by atoms with Crippen LogP contribution in [0.5, 0.6) is 6.01 Å². The first kappa shape index (κ1) is 38.1. The number of benzene rings is 2. The van der Waals surface area contributed by atoms with Crippen LogP contribution in [0.4, 0.5) is 38.5 Å². The molecule has 282 valence electrons. The van der Waals surface area contributed by atoms with Crippen molar-refractivity contribution in [2.45, 2.75) is 50.2 Å². The Morgan fingerprint density at radius 3 is 2.62 bits per heavy atom. The highest BCUT2D eigenvalue weighted by atomic mass is 32.1. The maximum Gasteiger partial charge on any atom is 0.417 e. The lowest BCUT2D eigenvalue weighted by molar-refractivity contribution is -0.137. The number of fused-ring (bicyclic) bond motifs is 2. The molecule has 11 nitrogen and oxygen atoms in total. The Morgan fingerprint density at radius 2 is 2.00 bits per heavy atom. The van der Waals surface area contributed by atoms with Crippen molar-refractivity contribution in [2.24, 2.45) is 0 Å². The average molecular weight is 760 g/mol. The van der Waals surface area contributed by atoms with E-state index >= 15 is 17.6 Å². The highest BCUT2D eigenvalue weighted by Gasteiger charge is 2.42. The fourth-order valence-electron chi connectivity index (χ4n) is 7.52. The van der Waals surface area contributed by atoms with E-state index in [1.165, 1.54) is 13.2 Å². The van der Waals surface area contributed by atoms with Gasteiger partial charge in [0.1, 0.15) is 23.8 Å². The maximum atomic E-state index is 17.3. The summed E-state index contributed by atoms with van der Waals surface area (Å²) in [5.74, 6) is -2.56. The average Bonchev–Trinajstić information content (AvgIpc) is 3.82. The van der Waals surface area contributed by atoms with E-state index in [0.29, 0.717) is 37.3 Å². The van der Waals surface area contributed by atoms with E-state index < -0.39 is 46.5 Å². The molecule has 4 aromatic rings. The first-order valence-electron chi connectivity index (χ1n) is 16.8. The standard InChI is InChI=1S/C36H38F5N7O4S/c1-7-26(49)48-12-11-24(25(48)17-50-5)47(8-2)34-21-14-22(36(39,40)41)27(20-9-10-23(37)32-28(20)31(43-3)33(42)53-32)29(38)30(21)44-35(45-34)52-16-18-13-19(51-6)15-46(18)4/h7,9-10,14,18-19,24-25H,1,8,11-13,15-17,42H2,2,4-6H3/t18-,19+,24?,25+/m0/s1. The van der Waals surface area contributed by atoms with Crippen LogP contribution in [0.25, 0.3) is 37.0 Å². The van der Waals surface area contributed by atoms with E-state index in [1.54, 1.807) is 23.8 Å². The molecule has 0 aliphatic carbocycles. The Hall–Kier alpha value is -4.63. The zero-order valence-corrected chi connectivity index (χ0v) is 30.3. The Labute approximate surface area is 306 Å². The smallest absolute Gasteiger partial charge is 0.417 e. The molecule has 1 unspecified atom stereocenters. The van der Waals surface area contributed by atoms with Crippen LogP contribution in [0, 0.1) is 18.2 Å². The van der Waals surface area contributed by atoms with Crippen molar-refractivity contribution in [1.82, 2.24) is 19.8 Å². The minimum absolute atomic E-state index is 0.0390. The number of halogens is 5. The van der Waals surface area contributed by atoms with Crippen LogP contribution in [0.3, 0.4) is 0 Å². The molecule has 53 heavy (non-hydrogen) atoms. The number of alkyl halides is 3. The van der Waals surface area contributed by atoms with Gasteiger partial charge in [0.25, 0.3) is 0 Å². The summed E-state index contributed by atoms with van der Waals surface area (Å²) in [6.07, 6.45) is -2.96. The summed E-state index contributed by atoms with van der Waals surface area (Å²) in [7, 11) is 4.98. The number of thiophene rings is 1. The molecular weight excluding hydrogens is 721 g/mol. The van der Waals surface area contributed by atoms with Gasteiger partial charge in [-0.25, -0.2) is 13.6 Å². The second-order valence-electron chi connectivity index (χ2n) is 13.0. The number of anilines is 2. The monoisotopic (exact) mass is 759 g/mol. The summed E-state index contributed by atoms with van der Waals surface area (Å²) >= 11 is 0.692. The van der Waals surface area contributed by atoms with Gasteiger partial charge < -0.3 is 29.7 Å². The fourth-order valence-corrected chi connectivity index (χ4v) is 8.46. The third-order valence-electron chi connectivity index (χ3n) is 10.1. The molecule has 2 aliphatic rings. The summed E-state index contributed by atoms with van der Waals surface area (Å²) in [5, 5.41) is -0.610. The van der Waals surface area contributed by atoms with Crippen LogP contribution in [-0.2, 0) is 20.4 Å². The minimum atomic E-state index is -5.13. The molecule has 1 amide bonds. The van der Waals surface area contributed by atoms with Crippen molar-refractivity contribution in [3.05, 3.63) is 59.5 Å². The number of nitrogens with two attached hydrogens (primary N) is 1. The van der Waals surface area contributed by atoms with Crippen molar-refractivity contribution >= 4 is 54.7 Å². The summed E-state index contributed by atoms with van der Waals surface area (Å²) in [4.78, 5) is 30.5. The largest absolute Gasteiger partial charge is 0.462 e. The number of hydrogen-bond acceptors (Lipinski definition) is 10. The van der Waals surface area contributed by atoms with Gasteiger partial charge in [0, 0.05) is 56.2 Å². The van der Waals surface area contributed by atoms with Gasteiger partial charge in [-0.05, 0) is 50.6 Å². The maximum absolute atomic E-state index is 17.3. The molecule has 6 rings (SSSR count). The van der Waals surface area contributed by atoms with Gasteiger partial charge in [0.15, 0.2) is 5.82 Å². The molecule has 2 aromatic heterocycles. The molecule has 4 atom stereocenters. The molecule has 17 heteroatoms. The van der Waals surface area contributed by atoms with Crippen LogP contribution in [0.15, 0.2) is 30.9 Å². The van der Waals surface area contributed by atoms with E-state index in [-0.39, 0.29) is 81.4 Å². The van der Waals surface area contributed by atoms with Crippen molar-refractivity contribution in [3.63, 3.8) is 0 Å². The first-order valence-corrected chi connectivity index (χ1v) is 17.6. The highest BCUT2D eigenvalue weighted by molar-refractivity contribution is 7.23. The highest BCUT2D eigenvalue weighted by Crippen LogP contribution is 2.50. The van der Waals surface area contributed by atoms with Gasteiger partial charge in [-0.15, -0.1) is 11.3 Å². The lowest BCUT2D eigenvalue weighted by atomic mass is 9.93. The summed E-state index contributed by atoms with van der Waals surface area (Å²) in [6, 6.07) is 1.24. The Balaban J connectivity index is 1.61. The van der Waals surface area contributed by atoms with Gasteiger partial charge in [0.2, 0.25) is 11.6 Å². The van der Waals surface area contributed by atoms with E-state index in [2.05, 4.69) is 21.4 Å². The Bertz CT molecular complexity index is 2100. The molecule has 0 spiro atoms. The number of likely N-dealkylation sites (N-methyl/N-ethyl adjacent to an activating group) is 2. The SMILES string of the molecule is [C-]#[N+]c1c(N)sc2c(F)ccc(-c3c(C(F)(F)F)cc4c(N(CC)C5CCN(C(=O)C=C)[C@@H]5COC)nc(OC[C@@H]5C[C@@H](OC)CN5C)nc4c3F)c12. The molecule has 2 N–H and O–H groups in total. The first-order chi connectivity index (χ1) is 25.3. The predicted octanol–water partition coefficient (Wildman–Crippen LogP) is 6.67. The molecule has 0 saturated carbocycles. The van der Waals surface area contributed by atoms with Gasteiger partial charge in [-0.2, -0.15) is 23.1 Å². The van der Waals surface area contributed by atoms with Gasteiger partial charge >= 0.3 is 12.2 Å². The molecule has 2 saturated heterocycles. The molecule has 2 aliphatic heterocycles. The molecule has 0 bridgehead atoms. The van der Waals surface area contributed by atoms with E-state index in [1.807, 2.05) is 11.9 Å². The fraction of sp³-hybridized carbons (Fsp3) is 0.444. The predicted molar refractivity (Wildman–Crippen MR) is 192 cm³/mol. The van der Waals surface area contributed by atoms with Crippen LogP contribution in [0.1, 0.15) is 25.3 Å². The zero-order chi connectivity index (χ0) is 38.4. The van der Waals surface area contributed by atoms with Crippen LogP contribution >= 0.6 is 11.3 Å². The van der Waals surface area contributed by atoms with Gasteiger partial charge in [0.05, 0.1) is 46.6 Å². The third kappa shape index (κ3) is 6.84. The minimum Gasteiger partial charge on any atom is -0.462 e. The summed E-state index contributed by atoms with van der Waals surface area (Å²) < 4.78 is 94.6. The second kappa shape index (κ2) is 15.0. The van der Waals surface area contributed by atoms with Crippen LogP contribution < -0.4 is 15.4 Å². The number of amides is 1. The topological polar surface area (TPSA) is 111 Å². The molecule has 2 fully saturated rings.